The molecular weight excluding hydrogens is 182 g/mol. The van der Waals surface area contributed by atoms with Crippen molar-refractivity contribution >= 4 is 23.9 Å². The third-order valence-corrected chi connectivity index (χ3v) is 2.81. The molecule has 1 N–H and O–H groups in total. The number of amides is 1. The number of rotatable bonds is 3. The fourth-order valence-electron chi connectivity index (χ4n) is 1.13. The summed E-state index contributed by atoms with van der Waals surface area (Å²) in [6.07, 6.45) is 2.71. The lowest BCUT2D eigenvalue weighted by molar-refractivity contribution is -0.105. The summed E-state index contributed by atoms with van der Waals surface area (Å²) in [5, 5.41) is 2.69. The molecule has 1 rings (SSSR count). The molecule has 1 aromatic rings. The highest BCUT2D eigenvalue weighted by molar-refractivity contribution is 7.98. The summed E-state index contributed by atoms with van der Waals surface area (Å²) in [4.78, 5) is 11.4. The predicted octanol–water partition coefficient (Wildman–Crippen LogP) is 2.59. The summed E-state index contributed by atoms with van der Waals surface area (Å²) in [5.74, 6) is 0. The number of hydrogen-bond acceptors (Lipinski definition) is 2. The second-order valence-electron chi connectivity index (χ2n) is 2.90. The molecule has 1 aromatic carbocycles. The average molecular weight is 195 g/mol. The fourth-order valence-corrected chi connectivity index (χ4v) is 1.77. The van der Waals surface area contributed by atoms with E-state index in [2.05, 4.69) is 18.3 Å². The summed E-state index contributed by atoms with van der Waals surface area (Å²) in [7, 11) is 0. The maximum absolute atomic E-state index is 10.3. The van der Waals surface area contributed by atoms with Crippen molar-refractivity contribution in [3.63, 3.8) is 0 Å². The highest BCUT2D eigenvalue weighted by atomic mass is 32.2. The molecule has 0 aliphatic heterocycles. The molecule has 0 heterocycles. The van der Waals surface area contributed by atoms with Crippen molar-refractivity contribution in [2.24, 2.45) is 0 Å². The van der Waals surface area contributed by atoms with Gasteiger partial charge in [0.1, 0.15) is 0 Å². The summed E-state index contributed by atoms with van der Waals surface area (Å²) in [6.45, 7) is 4.11. The third kappa shape index (κ3) is 2.25. The molecule has 0 fully saturated rings. The van der Waals surface area contributed by atoms with Gasteiger partial charge in [-0.25, -0.2) is 0 Å². The van der Waals surface area contributed by atoms with E-state index in [1.807, 2.05) is 19.2 Å². The van der Waals surface area contributed by atoms with Crippen LogP contribution in [-0.4, -0.2) is 12.7 Å². The van der Waals surface area contributed by atoms with E-state index in [0.717, 1.165) is 10.6 Å². The molecule has 0 aliphatic rings. The Morgan fingerprint density at radius 2 is 1.92 bits per heavy atom. The second-order valence-corrected chi connectivity index (χ2v) is 3.75. The van der Waals surface area contributed by atoms with Gasteiger partial charge in [-0.2, -0.15) is 0 Å². The number of carbonyl (C=O) groups excluding carboxylic acids is 1. The predicted molar refractivity (Wildman–Crippen MR) is 57.4 cm³/mol. The summed E-state index contributed by atoms with van der Waals surface area (Å²) in [5.41, 5.74) is 3.34. The Bertz CT molecular complexity index is 323. The van der Waals surface area contributed by atoms with Crippen LogP contribution < -0.4 is 5.32 Å². The third-order valence-electron chi connectivity index (χ3n) is 2.03. The van der Waals surface area contributed by atoms with Crippen molar-refractivity contribution < 1.29 is 4.79 Å². The molecule has 1 amide bonds. The molecule has 0 spiro atoms. The van der Waals surface area contributed by atoms with E-state index < -0.39 is 0 Å². The Balaban J connectivity index is 3.15. The van der Waals surface area contributed by atoms with Gasteiger partial charge < -0.3 is 5.32 Å². The average Bonchev–Trinajstić information content (AvgIpc) is 2.11. The minimum absolute atomic E-state index is 0.712. The largest absolute Gasteiger partial charge is 0.328 e. The molecule has 0 bridgehead atoms. The number of hydrogen-bond donors (Lipinski definition) is 1. The summed E-state index contributed by atoms with van der Waals surface area (Å²) >= 11 is 1.64. The Morgan fingerprint density at radius 1 is 1.31 bits per heavy atom. The van der Waals surface area contributed by atoms with Crippen LogP contribution in [0.2, 0.25) is 0 Å². The number of benzene rings is 1. The Hall–Kier alpha value is -0.960. The van der Waals surface area contributed by atoms with Crippen LogP contribution in [0.4, 0.5) is 5.69 Å². The smallest absolute Gasteiger partial charge is 0.211 e. The minimum atomic E-state index is 0.712. The molecular formula is C10H13NOS. The number of aryl methyl sites for hydroxylation is 2. The van der Waals surface area contributed by atoms with Crippen LogP contribution in [0.5, 0.6) is 0 Å². The zero-order valence-electron chi connectivity index (χ0n) is 8.05. The zero-order valence-corrected chi connectivity index (χ0v) is 8.87. The summed E-state index contributed by atoms with van der Waals surface area (Å²) < 4.78 is 0. The lowest BCUT2D eigenvalue weighted by atomic mass is 10.1. The number of nitrogens with one attached hydrogen (secondary N) is 1. The standard InChI is InChI=1S/C10H13NOS/c1-7-4-9(11-6-12)10(13-3)5-8(7)2/h4-6H,1-3H3,(H,11,12). The highest BCUT2D eigenvalue weighted by Gasteiger charge is 2.03. The van der Waals surface area contributed by atoms with Crippen molar-refractivity contribution in [3.05, 3.63) is 23.3 Å². The van der Waals surface area contributed by atoms with Crippen molar-refractivity contribution in [1.29, 1.82) is 0 Å². The quantitative estimate of drug-likeness (QED) is 0.593. The molecule has 2 nitrogen and oxygen atoms in total. The summed E-state index contributed by atoms with van der Waals surface area (Å²) in [6, 6.07) is 4.08. The zero-order chi connectivity index (χ0) is 9.84. The van der Waals surface area contributed by atoms with Gasteiger partial charge in [-0.05, 0) is 43.4 Å². The molecule has 0 aliphatic carbocycles. The molecule has 0 aromatic heterocycles. The first-order valence-corrected chi connectivity index (χ1v) is 5.27. The van der Waals surface area contributed by atoms with Gasteiger partial charge in [-0.1, -0.05) is 0 Å². The number of carbonyl (C=O) groups is 1. The monoisotopic (exact) mass is 195 g/mol. The van der Waals surface area contributed by atoms with Crippen LogP contribution in [0, 0.1) is 13.8 Å². The first-order chi connectivity index (χ1) is 6.19. The van der Waals surface area contributed by atoms with Crippen LogP contribution >= 0.6 is 11.8 Å². The van der Waals surface area contributed by atoms with Crippen LogP contribution in [0.25, 0.3) is 0 Å². The number of anilines is 1. The highest BCUT2D eigenvalue weighted by Crippen LogP contribution is 2.27. The van der Waals surface area contributed by atoms with E-state index in [1.165, 1.54) is 11.1 Å². The van der Waals surface area contributed by atoms with Gasteiger partial charge >= 0.3 is 0 Å². The van der Waals surface area contributed by atoms with Crippen LogP contribution in [0.3, 0.4) is 0 Å². The van der Waals surface area contributed by atoms with Gasteiger partial charge in [-0.3, -0.25) is 4.79 Å². The molecule has 0 unspecified atom stereocenters. The lowest BCUT2D eigenvalue weighted by Crippen LogP contribution is -1.97. The van der Waals surface area contributed by atoms with Crippen molar-refractivity contribution in [2.75, 3.05) is 11.6 Å². The van der Waals surface area contributed by atoms with Crippen molar-refractivity contribution in [3.8, 4) is 0 Å². The van der Waals surface area contributed by atoms with Crippen LogP contribution in [-0.2, 0) is 4.79 Å². The van der Waals surface area contributed by atoms with Gasteiger partial charge in [0.2, 0.25) is 6.41 Å². The van der Waals surface area contributed by atoms with Gasteiger partial charge in [-0.15, -0.1) is 11.8 Å². The maximum atomic E-state index is 10.3. The molecule has 70 valence electrons. The van der Waals surface area contributed by atoms with Gasteiger partial charge in [0.05, 0.1) is 5.69 Å². The molecule has 0 atom stereocenters. The van der Waals surface area contributed by atoms with E-state index in [4.69, 9.17) is 0 Å². The topological polar surface area (TPSA) is 29.1 Å². The Morgan fingerprint density at radius 3 is 2.46 bits per heavy atom. The number of thioether (sulfide) groups is 1. The van der Waals surface area contributed by atoms with Crippen molar-refractivity contribution in [1.82, 2.24) is 0 Å². The SMILES string of the molecule is CSc1cc(C)c(C)cc1NC=O. The fraction of sp³-hybridized carbons (Fsp3) is 0.300. The normalized spacial score (nSPS) is 9.77. The molecule has 3 heteroatoms. The van der Waals surface area contributed by atoms with Crippen LogP contribution in [0.1, 0.15) is 11.1 Å². The first-order valence-electron chi connectivity index (χ1n) is 4.04. The molecule has 0 saturated heterocycles. The van der Waals surface area contributed by atoms with Gasteiger partial charge in [0.15, 0.2) is 0 Å². The van der Waals surface area contributed by atoms with Gasteiger partial charge in [0.25, 0.3) is 0 Å². The van der Waals surface area contributed by atoms with E-state index in [0.29, 0.717) is 6.41 Å². The van der Waals surface area contributed by atoms with E-state index >= 15 is 0 Å². The molecule has 0 radical (unpaired) electrons. The van der Waals surface area contributed by atoms with Gasteiger partial charge in [0, 0.05) is 4.90 Å². The van der Waals surface area contributed by atoms with E-state index in [-0.39, 0.29) is 0 Å². The van der Waals surface area contributed by atoms with Crippen LogP contribution in [0.15, 0.2) is 17.0 Å². The lowest BCUT2D eigenvalue weighted by Gasteiger charge is -2.09. The Kier molecular flexibility index (Phi) is 3.37. The van der Waals surface area contributed by atoms with E-state index in [1.54, 1.807) is 11.8 Å². The van der Waals surface area contributed by atoms with Crippen molar-refractivity contribution in [2.45, 2.75) is 18.7 Å². The maximum Gasteiger partial charge on any atom is 0.211 e. The second kappa shape index (κ2) is 4.33. The molecule has 13 heavy (non-hydrogen) atoms. The Labute approximate surface area is 82.7 Å². The first kappa shape index (κ1) is 10.1. The molecule has 0 saturated carbocycles. The minimum Gasteiger partial charge on any atom is -0.328 e. The van der Waals surface area contributed by atoms with E-state index in [9.17, 15) is 4.79 Å².